The third kappa shape index (κ3) is 2.70. The summed E-state index contributed by atoms with van der Waals surface area (Å²) < 4.78 is 2.16. The standard InChI is InChI=1S/C12H16ClN3S/c1-3-16-6-5-15-11(16)8-10(14-2)12-9(13)4-7-17-12/h4-7,10,14H,3,8H2,1-2H3. The van der Waals surface area contributed by atoms with Crippen molar-refractivity contribution in [3.63, 3.8) is 0 Å². The van der Waals surface area contributed by atoms with Gasteiger partial charge in [-0.1, -0.05) is 11.6 Å². The molecule has 1 atom stereocenters. The fraction of sp³-hybridized carbons (Fsp3) is 0.417. The van der Waals surface area contributed by atoms with Gasteiger partial charge < -0.3 is 9.88 Å². The highest BCUT2D eigenvalue weighted by atomic mass is 35.5. The smallest absolute Gasteiger partial charge is 0.110 e. The summed E-state index contributed by atoms with van der Waals surface area (Å²) >= 11 is 7.86. The van der Waals surface area contributed by atoms with Crippen LogP contribution in [0, 0.1) is 0 Å². The Morgan fingerprint density at radius 2 is 2.41 bits per heavy atom. The van der Waals surface area contributed by atoms with Crippen LogP contribution in [0.1, 0.15) is 23.7 Å². The minimum atomic E-state index is 0.232. The summed E-state index contributed by atoms with van der Waals surface area (Å²) in [5, 5.41) is 6.17. The number of hydrogen-bond acceptors (Lipinski definition) is 3. The number of imidazole rings is 1. The number of rotatable bonds is 5. The highest BCUT2D eigenvalue weighted by Gasteiger charge is 2.17. The van der Waals surface area contributed by atoms with E-state index in [2.05, 4.69) is 21.8 Å². The van der Waals surface area contributed by atoms with Crippen LogP contribution >= 0.6 is 22.9 Å². The molecule has 3 nitrogen and oxygen atoms in total. The summed E-state index contributed by atoms with van der Waals surface area (Å²) in [5.74, 6) is 1.09. The molecule has 0 saturated heterocycles. The van der Waals surface area contributed by atoms with E-state index in [1.54, 1.807) is 11.3 Å². The zero-order chi connectivity index (χ0) is 12.3. The lowest BCUT2D eigenvalue weighted by Gasteiger charge is -2.15. The Morgan fingerprint density at radius 1 is 1.59 bits per heavy atom. The molecule has 2 rings (SSSR count). The maximum absolute atomic E-state index is 6.17. The topological polar surface area (TPSA) is 29.9 Å². The summed E-state index contributed by atoms with van der Waals surface area (Å²) in [5.41, 5.74) is 0. The Morgan fingerprint density at radius 3 is 3.00 bits per heavy atom. The normalized spacial score (nSPS) is 12.9. The van der Waals surface area contributed by atoms with Crippen molar-refractivity contribution in [2.75, 3.05) is 7.05 Å². The van der Waals surface area contributed by atoms with Gasteiger partial charge in [0.2, 0.25) is 0 Å². The number of nitrogens with zero attached hydrogens (tertiary/aromatic N) is 2. The van der Waals surface area contributed by atoms with E-state index >= 15 is 0 Å². The lowest BCUT2D eigenvalue weighted by Crippen LogP contribution is -2.20. The quantitative estimate of drug-likeness (QED) is 0.904. The molecule has 0 aliphatic carbocycles. The predicted octanol–water partition coefficient (Wildman–Crippen LogP) is 3.12. The molecule has 0 aliphatic heterocycles. The van der Waals surface area contributed by atoms with Crippen LogP contribution in [0.25, 0.3) is 0 Å². The Hall–Kier alpha value is -0.840. The Kier molecular flexibility index (Phi) is 4.20. The molecule has 0 bridgehead atoms. The van der Waals surface area contributed by atoms with Crippen molar-refractivity contribution in [2.45, 2.75) is 25.9 Å². The molecule has 1 N–H and O–H groups in total. The molecule has 0 fully saturated rings. The van der Waals surface area contributed by atoms with Crippen molar-refractivity contribution < 1.29 is 0 Å². The molecule has 2 aromatic heterocycles. The summed E-state index contributed by atoms with van der Waals surface area (Å²) in [6.45, 7) is 3.07. The molecule has 0 amide bonds. The average molecular weight is 270 g/mol. The summed E-state index contributed by atoms with van der Waals surface area (Å²) in [7, 11) is 1.96. The molecule has 92 valence electrons. The van der Waals surface area contributed by atoms with Crippen LogP contribution in [-0.2, 0) is 13.0 Å². The van der Waals surface area contributed by atoms with Crippen LogP contribution in [-0.4, -0.2) is 16.6 Å². The van der Waals surface area contributed by atoms with Gasteiger partial charge in [-0.2, -0.15) is 0 Å². The maximum Gasteiger partial charge on any atom is 0.110 e. The molecule has 0 spiro atoms. The zero-order valence-electron chi connectivity index (χ0n) is 9.98. The van der Waals surface area contributed by atoms with E-state index in [1.807, 2.05) is 30.9 Å². The number of aryl methyl sites for hydroxylation is 1. The SMILES string of the molecule is CCn1ccnc1CC(NC)c1sccc1Cl. The Bertz CT molecular complexity index is 478. The van der Waals surface area contributed by atoms with Gasteiger partial charge in [-0.05, 0) is 25.4 Å². The van der Waals surface area contributed by atoms with Crippen molar-refractivity contribution in [1.29, 1.82) is 0 Å². The number of hydrogen-bond donors (Lipinski definition) is 1. The molecule has 0 saturated carbocycles. The Labute approximate surface area is 110 Å². The second-order valence-electron chi connectivity index (χ2n) is 3.81. The van der Waals surface area contributed by atoms with Crippen LogP contribution < -0.4 is 5.32 Å². The number of likely N-dealkylation sites (N-methyl/N-ethyl adjacent to an activating group) is 1. The largest absolute Gasteiger partial charge is 0.335 e. The van der Waals surface area contributed by atoms with Gasteiger partial charge in [-0.3, -0.25) is 0 Å². The van der Waals surface area contributed by atoms with Crippen molar-refractivity contribution in [3.8, 4) is 0 Å². The number of nitrogens with one attached hydrogen (secondary N) is 1. The van der Waals surface area contributed by atoms with Gasteiger partial charge in [0, 0.05) is 36.3 Å². The molecular formula is C12H16ClN3S. The first-order valence-corrected chi connectivity index (χ1v) is 6.92. The minimum absolute atomic E-state index is 0.232. The van der Waals surface area contributed by atoms with Crippen LogP contribution in [0.15, 0.2) is 23.8 Å². The van der Waals surface area contributed by atoms with E-state index < -0.39 is 0 Å². The lowest BCUT2D eigenvalue weighted by atomic mass is 10.1. The molecule has 2 heterocycles. The van der Waals surface area contributed by atoms with Crippen molar-refractivity contribution in [1.82, 2.24) is 14.9 Å². The molecular weight excluding hydrogens is 254 g/mol. The molecule has 5 heteroatoms. The predicted molar refractivity (Wildman–Crippen MR) is 72.7 cm³/mol. The fourth-order valence-electron chi connectivity index (χ4n) is 1.88. The van der Waals surface area contributed by atoms with Crippen LogP contribution in [0.3, 0.4) is 0 Å². The third-order valence-corrected chi connectivity index (χ3v) is 4.31. The lowest BCUT2D eigenvalue weighted by molar-refractivity contribution is 0.560. The van der Waals surface area contributed by atoms with Crippen molar-refractivity contribution in [2.24, 2.45) is 0 Å². The average Bonchev–Trinajstić information content (AvgIpc) is 2.94. The summed E-state index contributed by atoms with van der Waals surface area (Å²) in [6.07, 6.45) is 4.72. The van der Waals surface area contributed by atoms with Gasteiger partial charge in [-0.15, -0.1) is 11.3 Å². The van der Waals surface area contributed by atoms with E-state index in [0.717, 1.165) is 23.8 Å². The highest BCUT2D eigenvalue weighted by Crippen LogP contribution is 2.30. The molecule has 1 unspecified atom stereocenters. The first kappa shape index (κ1) is 12.6. The van der Waals surface area contributed by atoms with Crippen LogP contribution in [0.2, 0.25) is 5.02 Å². The second-order valence-corrected chi connectivity index (χ2v) is 5.16. The van der Waals surface area contributed by atoms with E-state index in [1.165, 1.54) is 4.88 Å². The van der Waals surface area contributed by atoms with Crippen LogP contribution in [0.4, 0.5) is 0 Å². The number of aromatic nitrogens is 2. The Balaban J connectivity index is 2.19. The monoisotopic (exact) mass is 269 g/mol. The molecule has 2 aromatic rings. The third-order valence-electron chi connectivity index (χ3n) is 2.84. The second kappa shape index (κ2) is 5.67. The highest BCUT2D eigenvalue weighted by molar-refractivity contribution is 7.10. The molecule has 17 heavy (non-hydrogen) atoms. The molecule has 0 aliphatic rings. The molecule has 0 aromatic carbocycles. The van der Waals surface area contributed by atoms with Crippen molar-refractivity contribution >= 4 is 22.9 Å². The van der Waals surface area contributed by atoms with Gasteiger partial charge >= 0.3 is 0 Å². The van der Waals surface area contributed by atoms with Crippen molar-refractivity contribution in [3.05, 3.63) is 39.6 Å². The first-order chi connectivity index (χ1) is 8.26. The minimum Gasteiger partial charge on any atom is -0.335 e. The maximum atomic E-state index is 6.17. The summed E-state index contributed by atoms with van der Waals surface area (Å²) in [4.78, 5) is 5.58. The van der Waals surface area contributed by atoms with E-state index in [4.69, 9.17) is 11.6 Å². The summed E-state index contributed by atoms with van der Waals surface area (Å²) in [6, 6.07) is 2.17. The zero-order valence-corrected chi connectivity index (χ0v) is 11.6. The van der Waals surface area contributed by atoms with E-state index in [-0.39, 0.29) is 6.04 Å². The first-order valence-electron chi connectivity index (χ1n) is 5.66. The fourth-order valence-corrected chi connectivity index (χ4v) is 3.18. The van der Waals surface area contributed by atoms with Gasteiger partial charge in [-0.25, -0.2) is 4.98 Å². The van der Waals surface area contributed by atoms with Gasteiger partial charge in [0.05, 0.1) is 5.02 Å². The van der Waals surface area contributed by atoms with Crippen LogP contribution in [0.5, 0.6) is 0 Å². The van der Waals surface area contributed by atoms with E-state index in [9.17, 15) is 0 Å². The van der Waals surface area contributed by atoms with Gasteiger partial charge in [0.25, 0.3) is 0 Å². The molecule has 0 radical (unpaired) electrons. The van der Waals surface area contributed by atoms with Gasteiger partial charge in [0.1, 0.15) is 5.82 Å². The number of halogens is 1. The van der Waals surface area contributed by atoms with Gasteiger partial charge in [0.15, 0.2) is 0 Å². The van der Waals surface area contributed by atoms with E-state index in [0.29, 0.717) is 0 Å². The number of thiophene rings is 1.